The van der Waals surface area contributed by atoms with Gasteiger partial charge < -0.3 is 9.64 Å². The Bertz CT molecular complexity index is 604. The van der Waals surface area contributed by atoms with Gasteiger partial charge in [-0.3, -0.25) is 4.79 Å². The monoisotopic (exact) mass is 387 g/mol. The van der Waals surface area contributed by atoms with E-state index >= 15 is 0 Å². The molecule has 0 saturated carbocycles. The van der Waals surface area contributed by atoms with E-state index in [1.165, 1.54) is 0 Å². The lowest BCUT2D eigenvalue weighted by Gasteiger charge is -2.48. The van der Waals surface area contributed by atoms with Crippen LogP contribution in [0.4, 0.5) is 0 Å². The van der Waals surface area contributed by atoms with E-state index in [9.17, 15) is 13.2 Å². The maximum absolute atomic E-state index is 13.0. The quantitative estimate of drug-likeness (QED) is 0.713. The predicted octanol–water partition coefficient (Wildman–Crippen LogP) is 1.31. The van der Waals surface area contributed by atoms with Crippen LogP contribution < -0.4 is 0 Å². The van der Waals surface area contributed by atoms with Gasteiger partial charge in [-0.15, -0.1) is 0 Å². The van der Waals surface area contributed by atoms with Gasteiger partial charge in [0.25, 0.3) is 10.2 Å². The van der Waals surface area contributed by atoms with Gasteiger partial charge in [0.05, 0.1) is 13.2 Å². The number of hydrogen-bond donors (Lipinski definition) is 0. The highest BCUT2D eigenvalue weighted by Gasteiger charge is 2.45. The molecule has 1 spiro atoms. The van der Waals surface area contributed by atoms with Crippen LogP contribution in [0, 0.1) is 11.3 Å². The lowest BCUT2D eigenvalue weighted by molar-refractivity contribution is -0.138. The van der Waals surface area contributed by atoms with Gasteiger partial charge in [-0.1, -0.05) is 13.8 Å². The average Bonchev–Trinajstić information content (AvgIpc) is 2.63. The molecule has 1 amide bonds. The second-order valence-corrected chi connectivity index (χ2v) is 10.4. The van der Waals surface area contributed by atoms with E-state index in [1.54, 1.807) is 8.61 Å². The Morgan fingerprint density at radius 2 is 1.81 bits per heavy atom. The van der Waals surface area contributed by atoms with Crippen LogP contribution in [0.25, 0.3) is 0 Å². The van der Waals surface area contributed by atoms with Crippen molar-refractivity contribution in [2.45, 2.75) is 46.0 Å². The summed E-state index contributed by atoms with van der Waals surface area (Å²) in [4.78, 5) is 14.3. The normalized spacial score (nSPS) is 29.7. The number of rotatable bonds is 5. The zero-order valence-electron chi connectivity index (χ0n) is 16.2. The van der Waals surface area contributed by atoms with Crippen LogP contribution in [0.2, 0.25) is 0 Å². The minimum atomic E-state index is -3.43. The van der Waals surface area contributed by atoms with Crippen LogP contribution in [-0.4, -0.2) is 80.3 Å². The van der Waals surface area contributed by atoms with Crippen LogP contribution in [0.1, 0.15) is 46.0 Å². The molecule has 1 atom stereocenters. The molecule has 26 heavy (non-hydrogen) atoms. The summed E-state index contributed by atoms with van der Waals surface area (Å²) in [5.74, 6) is 0.787. The van der Waals surface area contributed by atoms with Crippen LogP contribution in [0.3, 0.4) is 0 Å². The maximum atomic E-state index is 13.0. The number of ether oxygens (including phenoxy) is 1. The minimum Gasteiger partial charge on any atom is -0.379 e. The molecular formula is C18H33N3O4S. The smallest absolute Gasteiger partial charge is 0.282 e. The Hall–Kier alpha value is -0.700. The molecular weight excluding hydrogens is 354 g/mol. The van der Waals surface area contributed by atoms with Crippen molar-refractivity contribution in [2.24, 2.45) is 11.3 Å². The number of piperidine rings is 2. The van der Waals surface area contributed by atoms with Gasteiger partial charge in [0, 0.05) is 51.1 Å². The lowest BCUT2D eigenvalue weighted by Crippen LogP contribution is -2.58. The Labute approximate surface area is 157 Å². The Morgan fingerprint density at radius 1 is 1.08 bits per heavy atom. The third kappa shape index (κ3) is 4.40. The summed E-state index contributed by atoms with van der Waals surface area (Å²) in [6, 6.07) is 0. The molecule has 1 unspecified atom stereocenters. The average molecular weight is 388 g/mol. The molecule has 0 aromatic rings. The molecule has 3 aliphatic heterocycles. The van der Waals surface area contributed by atoms with E-state index in [1.807, 2.05) is 4.90 Å². The third-order valence-electron chi connectivity index (χ3n) is 5.97. The van der Waals surface area contributed by atoms with Crippen molar-refractivity contribution in [2.75, 3.05) is 52.5 Å². The summed E-state index contributed by atoms with van der Waals surface area (Å²) in [7, 11) is -3.43. The zero-order chi connectivity index (χ0) is 18.8. The number of amides is 1. The predicted molar refractivity (Wildman–Crippen MR) is 99.8 cm³/mol. The summed E-state index contributed by atoms with van der Waals surface area (Å²) in [6.45, 7) is 8.76. The van der Waals surface area contributed by atoms with Crippen molar-refractivity contribution in [1.82, 2.24) is 13.5 Å². The van der Waals surface area contributed by atoms with Crippen LogP contribution in [0.15, 0.2) is 0 Å². The van der Waals surface area contributed by atoms with Crippen LogP contribution in [0.5, 0.6) is 0 Å². The second-order valence-electron chi connectivity index (χ2n) is 8.45. The molecule has 3 saturated heterocycles. The maximum Gasteiger partial charge on any atom is 0.282 e. The largest absolute Gasteiger partial charge is 0.379 e. The molecule has 0 aromatic carbocycles. The summed E-state index contributed by atoms with van der Waals surface area (Å²) >= 11 is 0. The molecule has 3 heterocycles. The van der Waals surface area contributed by atoms with Crippen molar-refractivity contribution in [3.63, 3.8) is 0 Å². The summed E-state index contributed by atoms with van der Waals surface area (Å²) in [6.07, 6.45) is 4.23. The molecule has 0 radical (unpaired) electrons. The molecule has 7 nitrogen and oxygen atoms in total. The lowest BCUT2D eigenvalue weighted by atomic mass is 9.74. The highest BCUT2D eigenvalue weighted by Crippen LogP contribution is 2.40. The number of likely N-dealkylation sites (tertiary alicyclic amines) is 1. The standard InChI is InChI=1S/C18H33N3O4S/c1-16(2)5-9-19-14-18(7-4-17(19)22)6-3-8-21(15-18)26(23,24)20-10-12-25-13-11-20/h16H,3-15H2,1-2H3. The fraction of sp³-hybridized carbons (Fsp3) is 0.944. The molecule has 0 aromatic heterocycles. The summed E-state index contributed by atoms with van der Waals surface area (Å²) < 4.78 is 34.6. The van der Waals surface area contributed by atoms with Crippen molar-refractivity contribution < 1.29 is 17.9 Å². The highest BCUT2D eigenvalue weighted by atomic mass is 32.2. The first-order valence-corrected chi connectivity index (χ1v) is 11.3. The van der Waals surface area contributed by atoms with E-state index in [4.69, 9.17) is 4.74 Å². The Balaban J connectivity index is 1.69. The van der Waals surface area contributed by atoms with Crippen LogP contribution in [-0.2, 0) is 19.7 Å². The molecule has 3 fully saturated rings. The topological polar surface area (TPSA) is 70.2 Å². The molecule has 3 rings (SSSR count). The summed E-state index contributed by atoms with van der Waals surface area (Å²) in [5, 5.41) is 0. The van der Waals surface area contributed by atoms with Crippen molar-refractivity contribution >= 4 is 16.1 Å². The van der Waals surface area contributed by atoms with Crippen molar-refractivity contribution in [3.05, 3.63) is 0 Å². The number of nitrogens with zero attached hydrogens (tertiary/aromatic N) is 3. The van der Waals surface area contributed by atoms with Gasteiger partial charge in [0.1, 0.15) is 0 Å². The molecule has 150 valence electrons. The van der Waals surface area contributed by atoms with E-state index in [0.29, 0.717) is 58.3 Å². The highest BCUT2D eigenvalue weighted by molar-refractivity contribution is 7.86. The Kier molecular flexibility index (Phi) is 6.26. The van der Waals surface area contributed by atoms with Crippen molar-refractivity contribution in [1.29, 1.82) is 0 Å². The first-order valence-electron chi connectivity index (χ1n) is 9.93. The van der Waals surface area contributed by atoms with Gasteiger partial charge in [-0.25, -0.2) is 0 Å². The van der Waals surface area contributed by atoms with E-state index in [2.05, 4.69) is 13.8 Å². The minimum absolute atomic E-state index is 0.0809. The number of carbonyl (C=O) groups excluding carboxylic acids is 1. The van der Waals surface area contributed by atoms with E-state index in [0.717, 1.165) is 32.2 Å². The van der Waals surface area contributed by atoms with Gasteiger partial charge in [0.2, 0.25) is 5.91 Å². The molecule has 3 aliphatic rings. The fourth-order valence-corrected chi connectivity index (χ4v) is 6.09. The SMILES string of the molecule is CC(C)CCN1CC2(CCCN(S(=O)(=O)N3CCOCC3)C2)CCC1=O. The van der Waals surface area contributed by atoms with Gasteiger partial charge in [-0.2, -0.15) is 17.0 Å². The molecule has 0 bridgehead atoms. The molecule has 0 N–H and O–H groups in total. The number of carbonyl (C=O) groups is 1. The van der Waals surface area contributed by atoms with Gasteiger partial charge >= 0.3 is 0 Å². The van der Waals surface area contributed by atoms with Crippen LogP contribution >= 0.6 is 0 Å². The number of hydrogen-bond acceptors (Lipinski definition) is 4. The van der Waals surface area contributed by atoms with E-state index in [-0.39, 0.29) is 11.3 Å². The number of morpholine rings is 1. The van der Waals surface area contributed by atoms with Gasteiger partial charge in [0.15, 0.2) is 0 Å². The molecule has 0 aliphatic carbocycles. The third-order valence-corrected chi connectivity index (χ3v) is 7.96. The summed E-state index contributed by atoms with van der Waals surface area (Å²) in [5.41, 5.74) is -0.0809. The fourth-order valence-electron chi connectivity index (χ4n) is 4.35. The second kappa shape index (κ2) is 8.12. The first kappa shape index (κ1) is 20.0. The van der Waals surface area contributed by atoms with Crippen molar-refractivity contribution in [3.8, 4) is 0 Å². The first-order chi connectivity index (χ1) is 12.3. The zero-order valence-corrected chi connectivity index (χ0v) is 17.0. The Morgan fingerprint density at radius 3 is 2.50 bits per heavy atom. The van der Waals surface area contributed by atoms with E-state index < -0.39 is 10.2 Å². The molecule has 8 heteroatoms. The van der Waals surface area contributed by atoms with Gasteiger partial charge in [-0.05, 0) is 31.6 Å².